The molecular weight excluding hydrogens is 176 g/mol. The van der Waals surface area contributed by atoms with Gasteiger partial charge in [0.05, 0.1) is 14.2 Å². The fraction of sp³-hybridized carbons (Fsp3) is 0.818. The van der Waals surface area contributed by atoms with Crippen LogP contribution in [0.1, 0.15) is 20.8 Å². The lowest BCUT2D eigenvalue weighted by molar-refractivity contribution is 0.128. The van der Waals surface area contributed by atoms with E-state index in [-0.39, 0.29) is 11.6 Å². The highest BCUT2D eigenvalue weighted by Gasteiger charge is 2.32. The molecule has 13 heavy (non-hydrogen) atoms. The maximum absolute atomic E-state index is 9.99. The van der Waals surface area contributed by atoms with Gasteiger partial charge in [-0.1, -0.05) is 33.5 Å². The molecule has 1 nitrogen and oxygen atoms in total. The van der Waals surface area contributed by atoms with Crippen LogP contribution >= 0.6 is 0 Å². The van der Waals surface area contributed by atoms with E-state index in [1.54, 1.807) is 0 Å². The van der Waals surface area contributed by atoms with Gasteiger partial charge in [0.25, 0.3) is 0 Å². The number of aliphatic hydroxyl groups is 1. The first kappa shape index (κ1) is 12.7. The molecule has 1 N–H and O–H groups in total. The van der Waals surface area contributed by atoms with Crippen molar-refractivity contribution in [3.05, 3.63) is 0 Å². The van der Waals surface area contributed by atoms with Crippen molar-refractivity contribution in [3.63, 3.8) is 0 Å². The molecule has 0 aromatic carbocycles. The molecule has 0 rings (SSSR count). The van der Waals surface area contributed by atoms with E-state index in [2.05, 4.69) is 45.3 Å². The zero-order chi connectivity index (χ0) is 10.6. The van der Waals surface area contributed by atoms with Crippen molar-refractivity contribution >= 4 is 8.07 Å². The second kappa shape index (κ2) is 4.83. The van der Waals surface area contributed by atoms with Gasteiger partial charge in [-0.2, -0.15) is 0 Å². The van der Waals surface area contributed by atoms with Gasteiger partial charge in [-0.15, -0.1) is 11.8 Å². The lowest BCUT2D eigenvalue weighted by Crippen LogP contribution is -2.37. The molecule has 0 saturated heterocycles. The minimum absolute atomic E-state index is 0.206. The van der Waals surface area contributed by atoms with Crippen LogP contribution < -0.4 is 0 Å². The Labute approximate surface area is 83.6 Å². The Morgan fingerprint density at radius 1 is 1.15 bits per heavy atom. The van der Waals surface area contributed by atoms with E-state index in [0.717, 1.165) is 0 Å². The third-order valence-corrected chi connectivity index (χ3v) is 4.61. The summed E-state index contributed by atoms with van der Waals surface area (Å²) in [6.07, 6.45) is -0.265. The summed E-state index contributed by atoms with van der Waals surface area (Å²) >= 11 is 0. The van der Waals surface area contributed by atoms with E-state index in [4.69, 9.17) is 0 Å². The Morgan fingerprint density at radius 3 is 1.85 bits per heavy atom. The van der Waals surface area contributed by atoms with Gasteiger partial charge in [0.1, 0.15) is 0 Å². The molecule has 0 radical (unpaired) electrons. The molecule has 0 aliphatic carbocycles. The van der Waals surface area contributed by atoms with Crippen LogP contribution in [0.2, 0.25) is 25.2 Å². The van der Waals surface area contributed by atoms with Crippen molar-refractivity contribution in [2.24, 2.45) is 5.92 Å². The first-order valence-corrected chi connectivity index (χ1v) is 8.48. The predicted molar refractivity (Wildman–Crippen MR) is 61.4 cm³/mol. The molecule has 0 heterocycles. The second-order valence-electron chi connectivity index (χ2n) is 4.97. The fourth-order valence-corrected chi connectivity index (χ4v) is 3.34. The third kappa shape index (κ3) is 3.97. The first-order chi connectivity index (χ1) is 5.80. The van der Waals surface area contributed by atoms with Crippen LogP contribution in [0.3, 0.4) is 0 Å². The van der Waals surface area contributed by atoms with Crippen molar-refractivity contribution < 1.29 is 5.11 Å². The van der Waals surface area contributed by atoms with Gasteiger partial charge in [0.2, 0.25) is 0 Å². The molecule has 2 heteroatoms. The van der Waals surface area contributed by atoms with Gasteiger partial charge in [-0.25, -0.2) is 0 Å². The summed E-state index contributed by atoms with van der Waals surface area (Å²) in [5, 5.41) is 9.99. The SMILES string of the molecule is CC#C[C@H]([C@H](O)C(C)C)[Si](C)(C)C. The molecule has 0 bridgehead atoms. The highest BCUT2D eigenvalue weighted by atomic mass is 28.3. The van der Waals surface area contributed by atoms with E-state index in [0.29, 0.717) is 5.92 Å². The summed E-state index contributed by atoms with van der Waals surface area (Å²) in [6, 6.07) is 0. The topological polar surface area (TPSA) is 20.2 Å². The molecule has 0 fully saturated rings. The number of aliphatic hydroxyl groups excluding tert-OH is 1. The van der Waals surface area contributed by atoms with Crippen LogP contribution in [0.25, 0.3) is 0 Å². The minimum Gasteiger partial charge on any atom is -0.392 e. The lowest BCUT2D eigenvalue weighted by atomic mass is 10.0. The summed E-state index contributed by atoms with van der Waals surface area (Å²) < 4.78 is 0. The number of hydrogen-bond acceptors (Lipinski definition) is 1. The molecule has 76 valence electrons. The van der Waals surface area contributed by atoms with Crippen LogP contribution in [-0.2, 0) is 0 Å². The largest absolute Gasteiger partial charge is 0.392 e. The first-order valence-electron chi connectivity index (χ1n) is 4.91. The standard InChI is InChI=1S/C11H22OSi/c1-7-8-10(13(4,5)6)11(12)9(2)3/h9-12H,1-6H3/t10-,11-/m1/s1. The van der Waals surface area contributed by atoms with Crippen LogP contribution in [-0.4, -0.2) is 19.3 Å². The van der Waals surface area contributed by atoms with Crippen LogP contribution in [0.5, 0.6) is 0 Å². The summed E-state index contributed by atoms with van der Waals surface area (Å²) in [5.74, 6) is 6.40. The van der Waals surface area contributed by atoms with Gasteiger partial charge >= 0.3 is 0 Å². The Balaban J connectivity index is 4.68. The van der Waals surface area contributed by atoms with Crippen molar-refractivity contribution in [2.75, 3.05) is 0 Å². The van der Waals surface area contributed by atoms with E-state index in [1.807, 2.05) is 6.92 Å². The predicted octanol–water partition coefficient (Wildman–Crippen LogP) is 2.74. The van der Waals surface area contributed by atoms with E-state index in [1.165, 1.54) is 0 Å². The molecule has 0 spiro atoms. The van der Waals surface area contributed by atoms with Crippen molar-refractivity contribution in [2.45, 2.75) is 52.1 Å². The quantitative estimate of drug-likeness (QED) is 0.546. The van der Waals surface area contributed by atoms with Crippen molar-refractivity contribution in [3.8, 4) is 11.8 Å². The van der Waals surface area contributed by atoms with Crippen molar-refractivity contribution in [1.29, 1.82) is 0 Å². The fourth-order valence-electron chi connectivity index (χ4n) is 1.35. The van der Waals surface area contributed by atoms with E-state index in [9.17, 15) is 5.11 Å². The number of rotatable bonds is 3. The van der Waals surface area contributed by atoms with Crippen LogP contribution in [0.15, 0.2) is 0 Å². The Bertz CT molecular complexity index is 204. The molecule has 0 saturated carbocycles. The molecule has 0 aliphatic rings. The molecule has 0 unspecified atom stereocenters. The average Bonchev–Trinajstić information content (AvgIpc) is 1.96. The monoisotopic (exact) mass is 198 g/mol. The summed E-state index contributed by atoms with van der Waals surface area (Å²) in [4.78, 5) is 0. The Kier molecular flexibility index (Phi) is 4.73. The maximum Gasteiger partial charge on any atom is 0.0674 e. The van der Waals surface area contributed by atoms with Crippen molar-refractivity contribution in [1.82, 2.24) is 0 Å². The van der Waals surface area contributed by atoms with Crippen LogP contribution in [0.4, 0.5) is 0 Å². The van der Waals surface area contributed by atoms with E-state index >= 15 is 0 Å². The smallest absolute Gasteiger partial charge is 0.0674 e. The minimum atomic E-state index is -1.36. The Hall–Kier alpha value is -0.263. The molecule has 0 amide bonds. The highest BCUT2D eigenvalue weighted by Crippen LogP contribution is 2.28. The summed E-state index contributed by atoms with van der Waals surface area (Å²) in [7, 11) is -1.36. The second-order valence-corrected chi connectivity index (χ2v) is 10.3. The summed E-state index contributed by atoms with van der Waals surface area (Å²) in [5.41, 5.74) is 0.206. The van der Waals surface area contributed by atoms with Gasteiger partial charge in [0.15, 0.2) is 0 Å². The Morgan fingerprint density at radius 2 is 1.62 bits per heavy atom. The maximum atomic E-state index is 9.99. The van der Waals surface area contributed by atoms with Gasteiger partial charge in [0, 0.05) is 5.54 Å². The zero-order valence-corrected chi connectivity index (χ0v) is 10.7. The number of hydrogen-bond donors (Lipinski definition) is 1. The van der Waals surface area contributed by atoms with Gasteiger partial charge < -0.3 is 5.11 Å². The van der Waals surface area contributed by atoms with Crippen LogP contribution in [0, 0.1) is 17.8 Å². The molecule has 0 aromatic rings. The summed E-state index contributed by atoms with van der Waals surface area (Å²) in [6.45, 7) is 12.7. The highest BCUT2D eigenvalue weighted by molar-refractivity contribution is 6.78. The van der Waals surface area contributed by atoms with Gasteiger partial charge in [-0.3, -0.25) is 0 Å². The van der Waals surface area contributed by atoms with Gasteiger partial charge in [-0.05, 0) is 12.8 Å². The molecule has 2 atom stereocenters. The lowest BCUT2D eigenvalue weighted by Gasteiger charge is -2.31. The zero-order valence-electron chi connectivity index (χ0n) is 9.68. The third-order valence-electron chi connectivity index (χ3n) is 2.26. The average molecular weight is 198 g/mol. The molecular formula is C11H22OSi. The molecule has 0 aromatic heterocycles. The molecule has 0 aliphatic heterocycles. The van der Waals surface area contributed by atoms with E-state index < -0.39 is 8.07 Å². The normalized spacial score (nSPS) is 16.3.